The van der Waals surface area contributed by atoms with Gasteiger partial charge >= 0.3 is 0 Å². The molecule has 180 valence electrons. The minimum absolute atomic E-state index is 0.650. The molecule has 1 saturated heterocycles. The number of aryl methyl sites for hydroxylation is 1. The van der Waals surface area contributed by atoms with Gasteiger partial charge in [0.25, 0.3) is 0 Å². The van der Waals surface area contributed by atoms with Crippen molar-refractivity contribution < 1.29 is 4.74 Å². The van der Waals surface area contributed by atoms with E-state index < -0.39 is 0 Å². The molecule has 1 aliphatic heterocycles. The van der Waals surface area contributed by atoms with Crippen molar-refractivity contribution in [2.75, 3.05) is 36.6 Å². The molecule has 8 nitrogen and oxygen atoms in total. The Morgan fingerprint density at radius 3 is 2.67 bits per heavy atom. The molecule has 6 rings (SSSR count). The van der Waals surface area contributed by atoms with Crippen molar-refractivity contribution in [2.45, 2.75) is 6.92 Å². The fourth-order valence-electron chi connectivity index (χ4n) is 4.22. The maximum atomic E-state index is 5.58. The largest absolute Gasteiger partial charge is 0.378 e. The highest BCUT2D eigenvalue weighted by molar-refractivity contribution is 7.18. The van der Waals surface area contributed by atoms with Crippen LogP contribution in [0.2, 0.25) is 0 Å². The van der Waals surface area contributed by atoms with Gasteiger partial charge in [0, 0.05) is 25.4 Å². The first-order chi connectivity index (χ1) is 17.7. The third-order valence-electron chi connectivity index (χ3n) is 5.97. The van der Waals surface area contributed by atoms with E-state index in [1.807, 2.05) is 53.3 Å². The number of benzene rings is 1. The Labute approximate surface area is 212 Å². The summed E-state index contributed by atoms with van der Waals surface area (Å²) in [6.45, 7) is 5.05. The molecule has 1 N–H and O–H groups in total. The summed E-state index contributed by atoms with van der Waals surface area (Å²) in [4.78, 5) is 13.9. The first-order valence-electron chi connectivity index (χ1n) is 11.8. The van der Waals surface area contributed by atoms with Crippen LogP contribution >= 0.6 is 11.3 Å². The molecule has 0 unspecified atom stereocenters. The summed E-state index contributed by atoms with van der Waals surface area (Å²) in [5.74, 6) is 0.650. The number of nitrogens with one attached hydrogen (secondary N) is 1. The second-order valence-corrected chi connectivity index (χ2v) is 9.66. The monoisotopic (exact) mass is 495 g/mol. The standard InChI is InChI=1S/C27H25N7OS/c1-19-5-4-6-20(15-19)17-29-31-26-16-23(33-11-13-35-14-12-33)27-30-22(18-34(27)32-26)25-9-8-24(36-25)21-7-2-3-10-28-21/h2-10,15-18H,11-14H2,1H3,(H,31,32). The molecule has 0 radical (unpaired) electrons. The van der Waals surface area contributed by atoms with Crippen LogP contribution in [0.5, 0.6) is 0 Å². The van der Waals surface area contributed by atoms with Crippen LogP contribution in [0.3, 0.4) is 0 Å². The van der Waals surface area contributed by atoms with Crippen LogP contribution < -0.4 is 10.3 Å². The van der Waals surface area contributed by atoms with Crippen LogP contribution in [-0.4, -0.2) is 52.1 Å². The summed E-state index contributed by atoms with van der Waals surface area (Å²) in [7, 11) is 0. The zero-order chi connectivity index (χ0) is 24.3. The molecular weight excluding hydrogens is 470 g/mol. The van der Waals surface area contributed by atoms with Gasteiger partial charge in [-0.3, -0.25) is 10.4 Å². The number of pyridine rings is 1. The molecule has 5 heterocycles. The number of nitrogens with zero attached hydrogens (tertiary/aromatic N) is 6. The quantitative estimate of drug-likeness (QED) is 0.260. The minimum atomic E-state index is 0.650. The predicted octanol–water partition coefficient (Wildman–Crippen LogP) is 5.11. The van der Waals surface area contributed by atoms with Crippen molar-refractivity contribution in [3.8, 4) is 21.1 Å². The van der Waals surface area contributed by atoms with Gasteiger partial charge in [-0.25, -0.2) is 9.50 Å². The molecule has 1 aliphatic rings. The molecule has 1 fully saturated rings. The first-order valence-corrected chi connectivity index (χ1v) is 12.6. The molecule has 36 heavy (non-hydrogen) atoms. The predicted molar refractivity (Wildman–Crippen MR) is 145 cm³/mol. The Morgan fingerprint density at radius 1 is 1.00 bits per heavy atom. The molecule has 0 aliphatic carbocycles. The highest BCUT2D eigenvalue weighted by atomic mass is 32.1. The SMILES string of the molecule is Cc1cccc(C=NNc2cc(N3CCOCC3)c3nc(-c4ccc(-c5ccccn5)s4)cn3n2)c1. The lowest BCUT2D eigenvalue weighted by Gasteiger charge is -2.29. The van der Waals surface area contributed by atoms with E-state index >= 15 is 0 Å². The molecule has 1 aromatic carbocycles. The second-order valence-electron chi connectivity index (χ2n) is 8.57. The first kappa shape index (κ1) is 22.4. The van der Waals surface area contributed by atoms with E-state index in [1.165, 1.54) is 5.56 Å². The Balaban J connectivity index is 1.34. The number of morpholine rings is 1. The van der Waals surface area contributed by atoms with E-state index in [0.29, 0.717) is 19.0 Å². The zero-order valence-electron chi connectivity index (χ0n) is 19.8. The minimum Gasteiger partial charge on any atom is -0.378 e. The molecule has 0 spiro atoms. The Morgan fingerprint density at radius 2 is 1.86 bits per heavy atom. The van der Waals surface area contributed by atoms with Gasteiger partial charge in [-0.2, -0.15) is 5.10 Å². The zero-order valence-corrected chi connectivity index (χ0v) is 20.7. The number of rotatable bonds is 6. The lowest BCUT2D eigenvalue weighted by molar-refractivity contribution is 0.123. The third-order valence-corrected chi connectivity index (χ3v) is 7.10. The van der Waals surface area contributed by atoms with Crippen molar-refractivity contribution in [2.24, 2.45) is 5.10 Å². The summed E-state index contributed by atoms with van der Waals surface area (Å²) in [5, 5.41) is 9.18. The van der Waals surface area contributed by atoms with Gasteiger partial charge in [0.15, 0.2) is 11.5 Å². The van der Waals surface area contributed by atoms with Gasteiger partial charge in [0.1, 0.15) is 5.69 Å². The maximum Gasteiger partial charge on any atom is 0.177 e. The van der Waals surface area contributed by atoms with Crippen LogP contribution in [0.15, 0.2) is 78.2 Å². The van der Waals surface area contributed by atoms with Crippen LogP contribution in [0.1, 0.15) is 11.1 Å². The molecule has 5 aromatic rings. The highest BCUT2D eigenvalue weighted by Crippen LogP contribution is 2.34. The van der Waals surface area contributed by atoms with Gasteiger partial charge in [-0.1, -0.05) is 35.9 Å². The van der Waals surface area contributed by atoms with Crippen LogP contribution in [0.25, 0.3) is 26.8 Å². The van der Waals surface area contributed by atoms with E-state index in [0.717, 1.165) is 51.1 Å². The van der Waals surface area contributed by atoms with Gasteiger partial charge < -0.3 is 9.64 Å². The van der Waals surface area contributed by atoms with E-state index in [4.69, 9.17) is 14.8 Å². The third kappa shape index (κ3) is 4.71. The molecular formula is C27H25N7OS. The topological polar surface area (TPSA) is 79.9 Å². The summed E-state index contributed by atoms with van der Waals surface area (Å²) in [5.41, 5.74) is 8.99. The normalized spacial score (nSPS) is 14.1. The van der Waals surface area contributed by atoms with Crippen LogP contribution in [-0.2, 0) is 4.74 Å². The molecule has 4 aromatic heterocycles. The van der Waals surface area contributed by atoms with E-state index in [9.17, 15) is 0 Å². The molecule has 0 amide bonds. The summed E-state index contributed by atoms with van der Waals surface area (Å²) >= 11 is 1.67. The van der Waals surface area contributed by atoms with Crippen molar-refractivity contribution in [1.82, 2.24) is 19.6 Å². The number of hydrazone groups is 1. The number of aromatic nitrogens is 4. The van der Waals surface area contributed by atoms with Gasteiger partial charge in [0.05, 0.1) is 46.8 Å². The number of hydrogen-bond donors (Lipinski definition) is 1. The molecule has 0 bridgehead atoms. The average molecular weight is 496 g/mol. The highest BCUT2D eigenvalue weighted by Gasteiger charge is 2.19. The number of fused-ring (bicyclic) bond motifs is 1. The Hall–Kier alpha value is -4.08. The average Bonchev–Trinajstić information content (AvgIpc) is 3.57. The Kier molecular flexibility index (Phi) is 6.15. The number of anilines is 2. The van der Waals surface area contributed by atoms with Crippen molar-refractivity contribution in [3.05, 3.63) is 84.2 Å². The van der Waals surface area contributed by atoms with Crippen molar-refractivity contribution >= 4 is 34.7 Å². The van der Waals surface area contributed by atoms with Crippen LogP contribution in [0.4, 0.5) is 11.5 Å². The molecule has 9 heteroatoms. The molecule has 0 saturated carbocycles. The smallest absolute Gasteiger partial charge is 0.177 e. The lowest BCUT2D eigenvalue weighted by atomic mass is 10.2. The van der Waals surface area contributed by atoms with E-state index in [1.54, 1.807) is 17.6 Å². The number of ether oxygens (including phenoxy) is 1. The summed E-state index contributed by atoms with van der Waals surface area (Å²) in [6.07, 6.45) is 5.59. The summed E-state index contributed by atoms with van der Waals surface area (Å²) in [6, 6.07) is 20.3. The fourth-order valence-corrected chi connectivity index (χ4v) is 5.15. The molecule has 0 atom stereocenters. The van der Waals surface area contributed by atoms with Gasteiger partial charge in [-0.15, -0.1) is 16.4 Å². The van der Waals surface area contributed by atoms with Crippen LogP contribution in [0, 0.1) is 6.92 Å². The fraction of sp³-hybridized carbons (Fsp3) is 0.185. The van der Waals surface area contributed by atoms with E-state index in [2.05, 4.69) is 51.6 Å². The van der Waals surface area contributed by atoms with Gasteiger partial charge in [-0.05, 0) is 36.8 Å². The van der Waals surface area contributed by atoms with Crippen molar-refractivity contribution in [1.29, 1.82) is 0 Å². The van der Waals surface area contributed by atoms with Crippen molar-refractivity contribution in [3.63, 3.8) is 0 Å². The second kappa shape index (κ2) is 9.88. The number of imidazole rings is 1. The van der Waals surface area contributed by atoms with E-state index in [-0.39, 0.29) is 0 Å². The summed E-state index contributed by atoms with van der Waals surface area (Å²) < 4.78 is 7.42. The lowest BCUT2D eigenvalue weighted by Crippen LogP contribution is -2.36. The van der Waals surface area contributed by atoms with Gasteiger partial charge in [0.2, 0.25) is 0 Å². The Bertz CT molecular complexity index is 1520. The number of hydrogen-bond acceptors (Lipinski definition) is 8. The number of thiophene rings is 1. The maximum absolute atomic E-state index is 5.58.